The van der Waals surface area contributed by atoms with Crippen molar-refractivity contribution >= 4 is 162 Å². The lowest BCUT2D eigenvalue weighted by Crippen LogP contribution is -2.10. The minimum Gasteiger partial charge on any atom is -0.310 e. The van der Waals surface area contributed by atoms with Gasteiger partial charge in [-0.15, -0.1) is 22.7 Å². The Morgan fingerprint density at radius 2 is 0.590 bits per heavy atom. The van der Waals surface area contributed by atoms with Crippen LogP contribution in [-0.4, -0.2) is 0 Å². The predicted molar refractivity (Wildman–Crippen MR) is 434 cm³/mol. The van der Waals surface area contributed by atoms with E-state index in [9.17, 15) is 0 Å². The minimum absolute atomic E-state index is 1.09. The van der Waals surface area contributed by atoms with Gasteiger partial charge in [-0.05, 0) is 223 Å². The van der Waals surface area contributed by atoms with Gasteiger partial charge < -0.3 is 9.80 Å². The molecule has 100 heavy (non-hydrogen) atoms. The first-order chi connectivity index (χ1) is 49.6. The van der Waals surface area contributed by atoms with Crippen LogP contribution in [0, 0.1) is 0 Å². The molecule has 0 aliphatic rings. The lowest BCUT2D eigenvalue weighted by Gasteiger charge is -2.27. The molecule has 20 aromatic rings. The van der Waals surface area contributed by atoms with Crippen LogP contribution in [0.1, 0.15) is 0 Å². The Labute approximate surface area is 587 Å². The lowest BCUT2D eigenvalue weighted by atomic mass is 9.91. The summed E-state index contributed by atoms with van der Waals surface area (Å²) in [5.74, 6) is 0. The molecule has 466 valence electrons. The number of nitrogens with zero attached hydrogens (tertiary/aromatic N) is 2. The summed E-state index contributed by atoms with van der Waals surface area (Å²) in [6.07, 6.45) is 0. The molecule has 18 aromatic carbocycles. The van der Waals surface area contributed by atoms with Crippen molar-refractivity contribution in [3.8, 4) is 55.6 Å². The third-order valence-corrected chi connectivity index (χ3v) is 22.9. The zero-order chi connectivity index (χ0) is 65.8. The molecular formula is C96H60N2S2. The highest BCUT2D eigenvalue weighted by molar-refractivity contribution is 7.26. The number of thiophene rings is 2. The van der Waals surface area contributed by atoms with E-state index in [0.717, 1.165) is 39.7 Å². The number of hydrogen-bond acceptors (Lipinski definition) is 4. The molecule has 2 heterocycles. The lowest BCUT2D eigenvalue weighted by molar-refractivity contribution is 1.29. The summed E-state index contributed by atoms with van der Waals surface area (Å²) < 4.78 is 5.08. The maximum Gasteiger partial charge on any atom is 0.0554 e. The Bertz CT molecular complexity index is 6700. The zero-order valence-corrected chi connectivity index (χ0v) is 56.0. The van der Waals surface area contributed by atoms with E-state index >= 15 is 0 Å². The first kappa shape index (κ1) is 57.8. The van der Waals surface area contributed by atoms with Crippen molar-refractivity contribution in [2.45, 2.75) is 0 Å². The van der Waals surface area contributed by atoms with Crippen LogP contribution >= 0.6 is 22.7 Å². The van der Waals surface area contributed by atoms with Crippen molar-refractivity contribution in [2.75, 3.05) is 9.80 Å². The molecule has 0 radical (unpaired) electrons. The van der Waals surface area contributed by atoms with Gasteiger partial charge in [0.25, 0.3) is 0 Å². The average molecular weight is 1310 g/mol. The average Bonchev–Trinajstić information content (AvgIpc) is 1.47. The van der Waals surface area contributed by atoms with Crippen LogP contribution in [0.3, 0.4) is 0 Å². The molecule has 0 unspecified atom stereocenters. The molecular weight excluding hydrogens is 1250 g/mol. The van der Waals surface area contributed by atoms with Gasteiger partial charge in [0.05, 0.1) is 5.69 Å². The molecule has 20 rings (SSSR count). The third-order valence-electron chi connectivity index (χ3n) is 20.5. The Morgan fingerprint density at radius 3 is 1.21 bits per heavy atom. The number of fused-ring (bicyclic) bond motifs is 14. The fraction of sp³-hybridized carbons (Fsp3) is 0. The second kappa shape index (κ2) is 23.7. The largest absolute Gasteiger partial charge is 0.310 e. The topological polar surface area (TPSA) is 6.48 Å². The number of anilines is 6. The fourth-order valence-corrected chi connectivity index (χ4v) is 18.3. The van der Waals surface area contributed by atoms with E-state index in [4.69, 9.17) is 0 Å². The molecule has 2 nitrogen and oxygen atoms in total. The van der Waals surface area contributed by atoms with E-state index in [1.807, 2.05) is 22.7 Å². The van der Waals surface area contributed by atoms with Crippen molar-refractivity contribution in [3.05, 3.63) is 364 Å². The van der Waals surface area contributed by atoms with Gasteiger partial charge in [0.15, 0.2) is 0 Å². The van der Waals surface area contributed by atoms with E-state index in [1.54, 1.807) is 0 Å². The predicted octanol–water partition coefficient (Wildman–Crippen LogP) is 28.6. The Morgan fingerprint density at radius 1 is 0.180 bits per heavy atom. The number of rotatable bonds is 11. The Hall–Kier alpha value is -12.4. The van der Waals surface area contributed by atoms with Crippen molar-refractivity contribution in [3.63, 3.8) is 0 Å². The van der Waals surface area contributed by atoms with Crippen molar-refractivity contribution < 1.29 is 0 Å². The first-order valence-electron chi connectivity index (χ1n) is 34.3. The van der Waals surface area contributed by atoms with Crippen LogP contribution in [0.5, 0.6) is 0 Å². The van der Waals surface area contributed by atoms with Gasteiger partial charge in [-0.2, -0.15) is 0 Å². The summed E-state index contributed by atoms with van der Waals surface area (Å²) in [4.78, 5) is 4.95. The second-order valence-corrected chi connectivity index (χ2v) is 28.4. The van der Waals surface area contributed by atoms with Crippen LogP contribution in [0.15, 0.2) is 364 Å². The Kier molecular flexibility index (Phi) is 13.7. The molecule has 0 atom stereocenters. The van der Waals surface area contributed by atoms with Gasteiger partial charge in [0.2, 0.25) is 0 Å². The highest BCUT2D eigenvalue weighted by Gasteiger charge is 2.23. The minimum atomic E-state index is 1.09. The standard InChI is InChI=1S/C96H60N2S2/c1-4-34-75-61(21-1)24-17-42-77(75)63-26-13-30-70(53-63)97(71-31-15-28-65(55-71)87-57-67-23-3-6-36-79(67)81-37-7-8-38-82(81)87)74-51-52-93-90(60-74)85-45-19-44-80(96(85)100-93)68-49-50-69-59-88(83-39-9-10-40-84(83)89(69)58-68)66-29-16-33-73(56-66)98(91-46-20-48-94-95(91)86-41-11-12-47-92(86)99-94)72-32-14-27-64(54-72)78-43-18-25-62-22-2-5-35-76(62)78/h1-60H. The zero-order valence-electron chi connectivity index (χ0n) is 54.4. The maximum atomic E-state index is 2.49. The summed E-state index contributed by atoms with van der Waals surface area (Å²) in [5, 5.41) is 19.8. The van der Waals surface area contributed by atoms with Crippen LogP contribution < -0.4 is 9.80 Å². The van der Waals surface area contributed by atoms with E-state index < -0.39 is 0 Å². The molecule has 0 bridgehead atoms. The van der Waals surface area contributed by atoms with E-state index in [2.05, 4.69) is 374 Å². The molecule has 0 saturated carbocycles. The second-order valence-electron chi connectivity index (χ2n) is 26.2. The molecule has 0 N–H and O–H groups in total. The quantitative estimate of drug-likeness (QED) is 0.119. The Balaban J connectivity index is 0.701. The van der Waals surface area contributed by atoms with Crippen LogP contribution in [0.4, 0.5) is 34.1 Å². The summed E-state index contributed by atoms with van der Waals surface area (Å²) in [6, 6.07) is 135. The molecule has 4 heteroatoms. The molecule has 0 aliphatic heterocycles. The molecule has 0 saturated heterocycles. The summed E-state index contributed by atoms with van der Waals surface area (Å²) in [7, 11) is 0. The molecule has 0 aliphatic carbocycles. The molecule has 0 fully saturated rings. The molecule has 2 aromatic heterocycles. The van der Waals surface area contributed by atoms with Crippen molar-refractivity contribution in [2.24, 2.45) is 0 Å². The SMILES string of the molecule is c1cc(-c2cccc3ccccc23)cc(N(c2cccc(-c3cc4ccccc4c4ccccc34)c2)c2ccc3sc4c(-c5ccc6cc(-c7cccc(N(c8cccc(-c9cccc%10ccccc9%10)c8)c8cccc9sc%10ccccc%10c89)c7)c7ccccc7c6c5)cccc4c3c2)c1. The third kappa shape index (κ3) is 9.67. The monoisotopic (exact) mass is 1300 g/mol. The highest BCUT2D eigenvalue weighted by Crippen LogP contribution is 2.50. The smallest absolute Gasteiger partial charge is 0.0554 e. The van der Waals surface area contributed by atoms with E-state index in [-0.39, 0.29) is 0 Å². The molecule has 0 spiro atoms. The number of benzene rings is 18. The summed E-state index contributed by atoms with van der Waals surface area (Å²) >= 11 is 3.75. The summed E-state index contributed by atoms with van der Waals surface area (Å²) in [6.45, 7) is 0. The van der Waals surface area contributed by atoms with Crippen molar-refractivity contribution in [1.82, 2.24) is 0 Å². The first-order valence-corrected chi connectivity index (χ1v) is 35.9. The highest BCUT2D eigenvalue weighted by atomic mass is 32.1. The van der Waals surface area contributed by atoms with Gasteiger partial charge in [-0.25, -0.2) is 0 Å². The van der Waals surface area contributed by atoms with Crippen LogP contribution in [0.25, 0.3) is 161 Å². The van der Waals surface area contributed by atoms with Gasteiger partial charge in [-0.1, -0.05) is 261 Å². The van der Waals surface area contributed by atoms with Crippen LogP contribution in [0.2, 0.25) is 0 Å². The maximum absolute atomic E-state index is 2.49. The van der Waals surface area contributed by atoms with Crippen LogP contribution in [-0.2, 0) is 0 Å². The fourth-order valence-electron chi connectivity index (χ4n) is 16.0. The summed E-state index contributed by atoms with van der Waals surface area (Å²) in [5.41, 5.74) is 18.6. The van der Waals surface area contributed by atoms with Gasteiger partial charge in [0.1, 0.15) is 0 Å². The van der Waals surface area contributed by atoms with E-state index in [0.29, 0.717) is 0 Å². The normalized spacial score (nSPS) is 11.8. The number of hydrogen-bond donors (Lipinski definition) is 0. The van der Waals surface area contributed by atoms with Gasteiger partial charge in [-0.3, -0.25) is 0 Å². The van der Waals surface area contributed by atoms with Crippen molar-refractivity contribution in [1.29, 1.82) is 0 Å². The molecule has 0 amide bonds. The van der Waals surface area contributed by atoms with Gasteiger partial charge in [0, 0.05) is 68.8 Å². The van der Waals surface area contributed by atoms with E-state index in [1.165, 1.54) is 155 Å². The van der Waals surface area contributed by atoms with Gasteiger partial charge >= 0.3 is 0 Å².